The second-order valence-electron chi connectivity index (χ2n) is 6.91. The van der Waals surface area contributed by atoms with Crippen LogP contribution in [0.15, 0.2) is 0 Å². The van der Waals surface area contributed by atoms with Crippen molar-refractivity contribution in [2.45, 2.75) is 44.9 Å². The average Bonchev–Trinajstić information content (AvgIpc) is 3.09. The number of amides is 1. The largest absolute Gasteiger partial charge is 0.480 e. The number of hydrogen-bond acceptors (Lipinski definition) is 7. The van der Waals surface area contributed by atoms with E-state index in [1.54, 1.807) is 14.2 Å². The molecule has 2 atom stereocenters. The Balaban J connectivity index is 1.76. The van der Waals surface area contributed by atoms with E-state index in [1.165, 1.54) is 11.3 Å². The molecule has 0 spiro atoms. The van der Waals surface area contributed by atoms with Crippen LogP contribution in [0.25, 0.3) is 10.2 Å². The molecule has 1 N–H and O–H groups in total. The van der Waals surface area contributed by atoms with Crippen LogP contribution in [-0.2, 0) is 11.3 Å². The van der Waals surface area contributed by atoms with Crippen LogP contribution < -0.4 is 10.1 Å². The van der Waals surface area contributed by atoms with E-state index in [9.17, 15) is 4.79 Å². The lowest BCUT2D eigenvalue weighted by Gasteiger charge is -2.27. The number of nitrogens with zero attached hydrogens (tertiary/aromatic N) is 3. The molecule has 0 radical (unpaired) electrons. The Kier molecular flexibility index (Phi) is 4.81. The van der Waals surface area contributed by atoms with Gasteiger partial charge in [0, 0.05) is 25.7 Å². The molecule has 0 saturated carbocycles. The molecular weight excluding hydrogens is 352 g/mol. The summed E-state index contributed by atoms with van der Waals surface area (Å²) in [6.07, 6.45) is 3.20. The average molecular weight is 376 g/mol. The highest BCUT2D eigenvalue weighted by molar-refractivity contribution is 7.20. The van der Waals surface area contributed by atoms with Crippen LogP contribution >= 0.6 is 11.3 Å². The topological polar surface area (TPSA) is 76.6 Å². The van der Waals surface area contributed by atoms with E-state index in [-0.39, 0.29) is 11.9 Å². The van der Waals surface area contributed by atoms with Crippen molar-refractivity contribution in [3.05, 3.63) is 16.3 Å². The monoisotopic (exact) mass is 376 g/mol. The molecule has 0 aliphatic carbocycles. The van der Waals surface area contributed by atoms with Crippen LogP contribution in [0.4, 0.5) is 0 Å². The number of thiophene rings is 1. The predicted molar refractivity (Wildman–Crippen MR) is 99.9 cm³/mol. The first-order chi connectivity index (χ1) is 12.6. The lowest BCUT2D eigenvalue weighted by Crippen LogP contribution is -2.42. The van der Waals surface area contributed by atoms with Gasteiger partial charge < -0.3 is 19.7 Å². The Labute approximate surface area is 156 Å². The number of aromatic nitrogens is 2. The summed E-state index contributed by atoms with van der Waals surface area (Å²) in [6, 6.07) is 0.626. The van der Waals surface area contributed by atoms with Gasteiger partial charge in [-0.15, -0.1) is 11.3 Å². The molecule has 140 valence electrons. The molecule has 0 aromatic carbocycles. The second-order valence-corrected chi connectivity index (χ2v) is 7.91. The van der Waals surface area contributed by atoms with Crippen molar-refractivity contribution in [1.82, 2.24) is 20.2 Å². The van der Waals surface area contributed by atoms with Gasteiger partial charge in [0.25, 0.3) is 5.91 Å². The fraction of sp³-hybridized carbons (Fsp3) is 0.611. The first-order valence-electron chi connectivity index (χ1n) is 9.00. The zero-order valence-corrected chi connectivity index (χ0v) is 16.2. The molecule has 26 heavy (non-hydrogen) atoms. The third kappa shape index (κ3) is 2.86. The van der Waals surface area contributed by atoms with Gasteiger partial charge >= 0.3 is 0 Å². The summed E-state index contributed by atoms with van der Waals surface area (Å²) < 4.78 is 10.6. The van der Waals surface area contributed by atoms with Crippen LogP contribution in [0.2, 0.25) is 0 Å². The first kappa shape index (κ1) is 17.6. The van der Waals surface area contributed by atoms with Gasteiger partial charge in [0.15, 0.2) is 5.82 Å². The first-order valence-corrected chi connectivity index (χ1v) is 9.82. The fourth-order valence-electron chi connectivity index (χ4n) is 4.12. The minimum Gasteiger partial charge on any atom is -0.480 e. The lowest BCUT2D eigenvalue weighted by atomic mass is 10.1. The standard InChI is InChI=1S/C18H24N4O3S/c1-10-14-16(25-3)20-13(9-24-2)21-17(14)26-15(10)18(23)22-11-4-5-12(22)8-19-7-6-11/h11-12,19H,4-9H2,1-3H3. The number of rotatable bonds is 4. The second kappa shape index (κ2) is 7.09. The van der Waals surface area contributed by atoms with Gasteiger partial charge in [-0.2, -0.15) is 4.98 Å². The SMILES string of the molecule is COCc1nc(OC)c2c(C)c(C(=O)N3C4CCNCC3CC4)sc2n1. The number of methoxy groups -OCH3 is 2. The molecule has 2 bridgehead atoms. The third-order valence-corrected chi connectivity index (χ3v) is 6.53. The number of fused-ring (bicyclic) bond motifs is 3. The Hall–Kier alpha value is -1.77. The van der Waals surface area contributed by atoms with Gasteiger partial charge in [-0.25, -0.2) is 4.98 Å². The van der Waals surface area contributed by atoms with E-state index < -0.39 is 0 Å². The smallest absolute Gasteiger partial charge is 0.264 e. The van der Waals surface area contributed by atoms with Crippen molar-refractivity contribution < 1.29 is 14.3 Å². The highest BCUT2D eigenvalue weighted by Crippen LogP contribution is 2.38. The molecule has 2 aliphatic heterocycles. The summed E-state index contributed by atoms with van der Waals surface area (Å²) in [6.45, 7) is 4.14. The van der Waals surface area contributed by atoms with Crippen molar-refractivity contribution >= 4 is 27.5 Å². The quantitative estimate of drug-likeness (QED) is 0.881. The molecule has 7 nitrogen and oxygen atoms in total. The molecule has 2 aromatic heterocycles. The zero-order chi connectivity index (χ0) is 18.3. The number of hydrogen-bond donors (Lipinski definition) is 1. The van der Waals surface area contributed by atoms with Crippen molar-refractivity contribution in [3.63, 3.8) is 0 Å². The van der Waals surface area contributed by atoms with Crippen molar-refractivity contribution in [2.75, 3.05) is 27.3 Å². The lowest BCUT2D eigenvalue weighted by molar-refractivity contribution is 0.0685. The van der Waals surface area contributed by atoms with Crippen LogP contribution in [0.1, 0.15) is 40.3 Å². The summed E-state index contributed by atoms with van der Waals surface area (Å²) in [5, 5.41) is 4.28. The van der Waals surface area contributed by atoms with Crippen LogP contribution in [-0.4, -0.2) is 60.2 Å². The maximum atomic E-state index is 13.4. The zero-order valence-electron chi connectivity index (χ0n) is 15.4. The Morgan fingerprint density at radius 1 is 1.27 bits per heavy atom. The number of nitrogens with one attached hydrogen (secondary N) is 1. The summed E-state index contributed by atoms with van der Waals surface area (Å²) >= 11 is 1.44. The minimum atomic E-state index is 0.122. The predicted octanol–water partition coefficient (Wildman–Crippen LogP) is 2.12. The Bertz CT molecular complexity index is 823. The summed E-state index contributed by atoms with van der Waals surface area (Å²) in [7, 11) is 3.20. The number of carbonyl (C=O) groups is 1. The molecular formula is C18H24N4O3S. The molecule has 4 heterocycles. The van der Waals surface area contributed by atoms with Gasteiger partial charge in [-0.05, 0) is 38.3 Å². The number of aryl methyl sites for hydroxylation is 1. The molecule has 2 aromatic rings. The normalized spacial score (nSPS) is 22.7. The van der Waals surface area contributed by atoms with Crippen LogP contribution in [0, 0.1) is 6.92 Å². The molecule has 4 rings (SSSR count). The van der Waals surface area contributed by atoms with Crippen LogP contribution in [0.5, 0.6) is 5.88 Å². The molecule has 8 heteroatoms. The third-order valence-electron chi connectivity index (χ3n) is 5.35. The minimum absolute atomic E-state index is 0.122. The van der Waals surface area contributed by atoms with Gasteiger partial charge in [0.05, 0.1) is 17.4 Å². The van der Waals surface area contributed by atoms with Crippen molar-refractivity contribution in [2.24, 2.45) is 0 Å². The van der Waals surface area contributed by atoms with Gasteiger partial charge in [0.2, 0.25) is 5.88 Å². The summed E-state index contributed by atoms with van der Waals surface area (Å²) in [4.78, 5) is 26.0. The van der Waals surface area contributed by atoms with Crippen LogP contribution in [0.3, 0.4) is 0 Å². The number of ether oxygens (including phenoxy) is 2. The maximum Gasteiger partial charge on any atom is 0.264 e. The van der Waals surface area contributed by atoms with E-state index in [4.69, 9.17) is 9.47 Å². The summed E-state index contributed by atoms with van der Waals surface area (Å²) in [5.74, 6) is 1.20. The molecule has 2 unspecified atom stereocenters. The molecule has 2 aliphatic rings. The molecule has 2 fully saturated rings. The fourth-order valence-corrected chi connectivity index (χ4v) is 5.26. The number of carbonyl (C=O) groups excluding carboxylic acids is 1. The highest BCUT2D eigenvalue weighted by Gasteiger charge is 2.39. The Morgan fingerprint density at radius 3 is 2.85 bits per heavy atom. The highest BCUT2D eigenvalue weighted by atomic mass is 32.1. The van der Waals surface area contributed by atoms with Gasteiger partial charge in [-0.3, -0.25) is 4.79 Å². The van der Waals surface area contributed by atoms with Crippen molar-refractivity contribution in [3.8, 4) is 5.88 Å². The van der Waals surface area contributed by atoms with E-state index in [1.807, 2.05) is 6.92 Å². The van der Waals surface area contributed by atoms with Crippen molar-refractivity contribution in [1.29, 1.82) is 0 Å². The van der Waals surface area contributed by atoms with E-state index in [0.717, 1.165) is 53.0 Å². The maximum absolute atomic E-state index is 13.4. The Morgan fingerprint density at radius 2 is 2.08 bits per heavy atom. The van der Waals surface area contributed by atoms with Gasteiger partial charge in [0.1, 0.15) is 11.4 Å². The van der Waals surface area contributed by atoms with E-state index in [2.05, 4.69) is 20.2 Å². The van der Waals surface area contributed by atoms with Gasteiger partial charge in [-0.1, -0.05) is 0 Å². The van der Waals surface area contributed by atoms with E-state index >= 15 is 0 Å². The molecule has 2 saturated heterocycles. The van der Waals surface area contributed by atoms with E-state index in [0.29, 0.717) is 24.4 Å². The summed E-state index contributed by atoms with van der Waals surface area (Å²) in [5.41, 5.74) is 0.910. The molecule has 1 amide bonds.